The minimum Gasteiger partial charge on any atom is -0.350 e. The Labute approximate surface area is 142 Å². The quantitative estimate of drug-likeness (QED) is 0.868. The van der Waals surface area contributed by atoms with Crippen molar-refractivity contribution in [1.82, 2.24) is 20.4 Å². The Morgan fingerprint density at radius 1 is 1.22 bits per heavy atom. The predicted octanol–water partition coefficient (Wildman–Crippen LogP) is 2.76. The first-order valence-electron chi connectivity index (χ1n) is 9.08. The molecule has 3 rings (SSSR count). The summed E-state index contributed by atoms with van der Waals surface area (Å²) in [5.41, 5.74) is 0. The van der Waals surface area contributed by atoms with Gasteiger partial charge < -0.3 is 10.2 Å². The van der Waals surface area contributed by atoms with Crippen LogP contribution in [0.5, 0.6) is 0 Å². The summed E-state index contributed by atoms with van der Waals surface area (Å²) in [6, 6.07) is 0.737. The zero-order valence-electron chi connectivity index (χ0n) is 14.1. The van der Waals surface area contributed by atoms with Crippen LogP contribution in [0.1, 0.15) is 61.9 Å². The van der Waals surface area contributed by atoms with Crippen molar-refractivity contribution in [2.24, 2.45) is 5.92 Å². The number of carbonyl (C=O) groups excluding carboxylic acids is 1. The van der Waals surface area contributed by atoms with E-state index >= 15 is 0 Å². The maximum atomic E-state index is 12.1. The average Bonchev–Trinajstić information content (AvgIpc) is 3.06. The zero-order valence-corrected chi connectivity index (χ0v) is 14.9. The lowest BCUT2D eigenvalue weighted by atomic mass is 9.81. The Morgan fingerprint density at radius 2 is 2.04 bits per heavy atom. The smallest absolute Gasteiger partial charge is 0.220 e. The molecule has 1 aromatic rings. The van der Waals surface area contributed by atoms with Crippen molar-refractivity contribution in [1.29, 1.82) is 0 Å². The Kier molecular flexibility index (Phi) is 6.00. The largest absolute Gasteiger partial charge is 0.350 e. The van der Waals surface area contributed by atoms with E-state index in [9.17, 15) is 4.79 Å². The maximum Gasteiger partial charge on any atom is 0.220 e. The van der Waals surface area contributed by atoms with Crippen LogP contribution in [0, 0.1) is 5.92 Å². The molecule has 128 valence electrons. The molecule has 0 bridgehead atoms. The number of amides is 1. The van der Waals surface area contributed by atoms with E-state index in [1.165, 1.54) is 45.2 Å². The predicted molar refractivity (Wildman–Crippen MR) is 92.3 cm³/mol. The maximum absolute atomic E-state index is 12.1. The van der Waals surface area contributed by atoms with Gasteiger partial charge in [0, 0.05) is 12.5 Å². The molecule has 0 radical (unpaired) electrons. The van der Waals surface area contributed by atoms with Gasteiger partial charge in [-0.25, -0.2) is 0 Å². The Balaban J connectivity index is 1.41. The van der Waals surface area contributed by atoms with Crippen molar-refractivity contribution >= 4 is 17.2 Å². The second-order valence-corrected chi connectivity index (χ2v) is 7.91. The van der Waals surface area contributed by atoms with Crippen molar-refractivity contribution in [3.8, 4) is 0 Å². The van der Waals surface area contributed by atoms with E-state index in [4.69, 9.17) is 0 Å². The summed E-state index contributed by atoms with van der Waals surface area (Å²) >= 11 is 1.59. The molecular weight excluding hydrogens is 308 g/mol. The molecular formula is C17H28N4OS. The molecule has 0 spiro atoms. The van der Waals surface area contributed by atoms with Crippen LogP contribution >= 0.6 is 11.3 Å². The van der Waals surface area contributed by atoms with Crippen LogP contribution in [0.2, 0.25) is 0 Å². The monoisotopic (exact) mass is 336 g/mol. The molecule has 0 aromatic carbocycles. The molecule has 0 unspecified atom stereocenters. The Bertz CT molecular complexity index is 516. The first-order valence-corrected chi connectivity index (χ1v) is 9.90. The number of nitrogens with one attached hydrogen (secondary N) is 1. The normalized spacial score (nSPS) is 25.1. The number of nitrogens with zero attached hydrogens (tertiary/aromatic N) is 3. The van der Waals surface area contributed by atoms with Gasteiger partial charge in [-0.05, 0) is 57.5 Å². The summed E-state index contributed by atoms with van der Waals surface area (Å²) in [5, 5.41) is 13.1. The van der Waals surface area contributed by atoms with Crippen molar-refractivity contribution in [3.63, 3.8) is 0 Å². The van der Waals surface area contributed by atoms with Crippen molar-refractivity contribution in [3.05, 3.63) is 10.0 Å². The summed E-state index contributed by atoms with van der Waals surface area (Å²) in [5.74, 6) is 0.870. The number of piperidine rings is 2. The van der Waals surface area contributed by atoms with Crippen molar-refractivity contribution < 1.29 is 4.79 Å². The minimum absolute atomic E-state index is 0.159. The van der Waals surface area contributed by atoms with Gasteiger partial charge in [-0.3, -0.25) is 4.79 Å². The zero-order chi connectivity index (χ0) is 16.1. The van der Waals surface area contributed by atoms with Gasteiger partial charge in [-0.15, -0.1) is 10.2 Å². The molecule has 5 nitrogen and oxygen atoms in total. The minimum atomic E-state index is 0.159. The number of carbonyl (C=O) groups is 1. The lowest BCUT2D eigenvalue weighted by Crippen LogP contribution is -2.48. The van der Waals surface area contributed by atoms with E-state index in [0.29, 0.717) is 18.9 Å². The lowest BCUT2D eigenvalue weighted by molar-refractivity contribution is -0.121. The number of hydrogen-bond donors (Lipinski definition) is 1. The SMILES string of the molecule is CCc1nnc(CNC(=O)CC[C@@H]2CCCN3CCCC[C@H]23)s1. The van der Waals surface area contributed by atoms with Crippen LogP contribution in [-0.4, -0.2) is 40.1 Å². The van der Waals surface area contributed by atoms with Crippen molar-refractivity contribution in [2.45, 2.75) is 70.9 Å². The summed E-state index contributed by atoms with van der Waals surface area (Å²) < 4.78 is 0. The molecule has 0 aliphatic carbocycles. The number of aryl methyl sites for hydroxylation is 1. The number of rotatable bonds is 6. The number of hydrogen-bond acceptors (Lipinski definition) is 5. The summed E-state index contributed by atoms with van der Waals surface area (Å²) in [6.07, 6.45) is 9.23. The van der Waals surface area contributed by atoms with E-state index in [1.54, 1.807) is 11.3 Å². The fourth-order valence-electron chi connectivity index (χ4n) is 4.00. The molecule has 2 aliphatic rings. The van der Waals surface area contributed by atoms with E-state index in [-0.39, 0.29) is 5.91 Å². The van der Waals surface area contributed by atoms with Gasteiger partial charge in [-0.2, -0.15) is 0 Å². The number of fused-ring (bicyclic) bond motifs is 1. The van der Waals surface area contributed by atoms with E-state index in [0.717, 1.165) is 28.9 Å². The van der Waals surface area contributed by atoms with Crippen LogP contribution in [0.4, 0.5) is 0 Å². The highest BCUT2D eigenvalue weighted by Crippen LogP contribution is 2.33. The van der Waals surface area contributed by atoms with Gasteiger partial charge in [0.05, 0.1) is 6.54 Å². The first kappa shape index (κ1) is 16.8. The summed E-state index contributed by atoms with van der Waals surface area (Å²) in [6.45, 7) is 5.13. The molecule has 6 heteroatoms. The highest BCUT2D eigenvalue weighted by Gasteiger charge is 2.32. The van der Waals surface area contributed by atoms with Gasteiger partial charge in [0.15, 0.2) is 0 Å². The summed E-state index contributed by atoms with van der Waals surface area (Å²) in [4.78, 5) is 14.8. The van der Waals surface area contributed by atoms with Gasteiger partial charge in [0.25, 0.3) is 0 Å². The molecule has 0 saturated carbocycles. The molecule has 2 saturated heterocycles. The highest BCUT2D eigenvalue weighted by atomic mass is 32.1. The average molecular weight is 337 g/mol. The molecule has 1 aromatic heterocycles. The van der Waals surface area contributed by atoms with E-state index in [1.807, 2.05) is 0 Å². The third-order valence-corrected chi connectivity index (χ3v) is 6.29. The Morgan fingerprint density at radius 3 is 2.87 bits per heavy atom. The van der Waals surface area contributed by atoms with Gasteiger partial charge in [-0.1, -0.05) is 24.7 Å². The van der Waals surface area contributed by atoms with Crippen LogP contribution in [0.3, 0.4) is 0 Å². The lowest BCUT2D eigenvalue weighted by Gasteiger charge is -2.44. The summed E-state index contributed by atoms with van der Waals surface area (Å²) in [7, 11) is 0. The molecule has 2 atom stereocenters. The van der Waals surface area contributed by atoms with Crippen LogP contribution < -0.4 is 5.32 Å². The second-order valence-electron chi connectivity index (χ2n) is 6.76. The number of aromatic nitrogens is 2. The van der Waals surface area contributed by atoms with Crippen LogP contribution in [-0.2, 0) is 17.8 Å². The van der Waals surface area contributed by atoms with E-state index in [2.05, 4.69) is 27.3 Å². The highest BCUT2D eigenvalue weighted by molar-refractivity contribution is 7.11. The first-order chi connectivity index (χ1) is 11.3. The fraction of sp³-hybridized carbons (Fsp3) is 0.824. The third kappa shape index (κ3) is 4.51. The van der Waals surface area contributed by atoms with Gasteiger partial charge >= 0.3 is 0 Å². The van der Waals surface area contributed by atoms with Crippen LogP contribution in [0.15, 0.2) is 0 Å². The second kappa shape index (κ2) is 8.20. The molecule has 23 heavy (non-hydrogen) atoms. The Hall–Kier alpha value is -1.01. The molecule has 2 fully saturated rings. The van der Waals surface area contributed by atoms with Crippen LogP contribution in [0.25, 0.3) is 0 Å². The molecule has 1 amide bonds. The molecule has 2 aliphatic heterocycles. The van der Waals surface area contributed by atoms with Crippen molar-refractivity contribution in [2.75, 3.05) is 13.1 Å². The fourth-order valence-corrected chi connectivity index (χ4v) is 4.72. The van der Waals surface area contributed by atoms with Gasteiger partial charge in [0.2, 0.25) is 5.91 Å². The third-order valence-electron chi connectivity index (χ3n) is 5.22. The topological polar surface area (TPSA) is 58.1 Å². The van der Waals surface area contributed by atoms with Gasteiger partial charge in [0.1, 0.15) is 10.0 Å². The molecule has 3 heterocycles. The molecule has 1 N–H and O–H groups in total. The standard InChI is InChI=1S/C17H28N4OS/c1-2-16-19-20-17(23-16)12-18-15(22)9-8-13-6-5-11-21-10-4-3-7-14(13)21/h13-14H,2-12H2,1H3,(H,18,22)/t13-,14+/m0/s1. The van der Waals surface area contributed by atoms with E-state index < -0.39 is 0 Å².